The van der Waals surface area contributed by atoms with Crippen molar-refractivity contribution in [1.82, 2.24) is 0 Å². The molecule has 0 heterocycles. The predicted molar refractivity (Wildman–Crippen MR) is 91.8 cm³/mol. The van der Waals surface area contributed by atoms with Gasteiger partial charge in [-0.3, -0.25) is 4.31 Å². The van der Waals surface area contributed by atoms with Crippen molar-refractivity contribution in [1.29, 1.82) is 0 Å². The van der Waals surface area contributed by atoms with Crippen molar-refractivity contribution >= 4 is 15.7 Å². The summed E-state index contributed by atoms with van der Waals surface area (Å²) < 4.78 is 27.1. The molecule has 0 amide bonds. The molecule has 22 heavy (non-hydrogen) atoms. The van der Waals surface area contributed by atoms with E-state index in [-0.39, 0.29) is 5.41 Å². The first kappa shape index (κ1) is 16.6. The van der Waals surface area contributed by atoms with Crippen LogP contribution in [0, 0.1) is 0 Å². The summed E-state index contributed by atoms with van der Waals surface area (Å²) >= 11 is 0. The summed E-state index contributed by atoms with van der Waals surface area (Å²) in [5.74, 6) is 0. The number of anilines is 1. The van der Waals surface area contributed by atoms with Crippen LogP contribution in [0.15, 0.2) is 59.5 Å². The van der Waals surface area contributed by atoms with Gasteiger partial charge < -0.3 is 0 Å². The third-order valence-electron chi connectivity index (χ3n) is 3.64. The van der Waals surface area contributed by atoms with E-state index in [1.807, 2.05) is 49.4 Å². The fraction of sp³-hybridized carbons (Fsp3) is 0.333. The lowest BCUT2D eigenvalue weighted by molar-refractivity contribution is 0.585. The van der Waals surface area contributed by atoms with Crippen LogP contribution in [0.4, 0.5) is 5.69 Å². The van der Waals surface area contributed by atoms with E-state index >= 15 is 0 Å². The zero-order chi connectivity index (χ0) is 16.4. The minimum absolute atomic E-state index is 0.00612. The lowest BCUT2D eigenvalue weighted by atomic mass is 9.87. The molecule has 0 aliphatic heterocycles. The van der Waals surface area contributed by atoms with Crippen molar-refractivity contribution in [3.63, 3.8) is 0 Å². The molecular weight excluding hydrogens is 294 g/mol. The molecule has 0 aliphatic carbocycles. The first-order chi connectivity index (χ1) is 10.3. The molecule has 2 rings (SSSR count). The lowest BCUT2D eigenvalue weighted by Gasteiger charge is -2.24. The van der Waals surface area contributed by atoms with Crippen LogP contribution in [0.5, 0.6) is 0 Å². The highest BCUT2D eigenvalue weighted by Gasteiger charge is 2.24. The van der Waals surface area contributed by atoms with Crippen LogP contribution < -0.4 is 4.31 Å². The van der Waals surface area contributed by atoms with Crippen molar-refractivity contribution in [3.05, 3.63) is 60.2 Å². The summed E-state index contributed by atoms with van der Waals surface area (Å²) in [6, 6.07) is 16.4. The Bertz CT molecular complexity index is 714. The van der Waals surface area contributed by atoms with E-state index in [2.05, 4.69) is 20.8 Å². The Morgan fingerprint density at radius 2 is 1.45 bits per heavy atom. The molecule has 0 unspecified atom stereocenters. The molecule has 0 atom stereocenters. The van der Waals surface area contributed by atoms with Crippen molar-refractivity contribution in [2.45, 2.75) is 38.0 Å². The van der Waals surface area contributed by atoms with Gasteiger partial charge in [-0.1, -0.05) is 51.1 Å². The number of hydrogen-bond donors (Lipinski definition) is 0. The first-order valence-corrected chi connectivity index (χ1v) is 8.89. The SMILES string of the molecule is CCN(c1ccccc1)S(=O)(=O)c1ccc(C(C)(C)C)cc1. The molecule has 0 saturated heterocycles. The number of nitrogens with zero attached hydrogens (tertiary/aromatic N) is 1. The molecule has 4 heteroatoms. The number of benzene rings is 2. The van der Waals surface area contributed by atoms with Gasteiger partial charge in [-0.2, -0.15) is 0 Å². The van der Waals surface area contributed by atoms with E-state index in [1.54, 1.807) is 12.1 Å². The van der Waals surface area contributed by atoms with Crippen LogP contribution in [-0.4, -0.2) is 15.0 Å². The maximum Gasteiger partial charge on any atom is 0.264 e. The van der Waals surface area contributed by atoms with Gasteiger partial charge in [-0.05, 0) is 42.2 Å². The van der Waals surface area contributed by atoms with Crippen LogP contribution in [-0.2, 0) is 15.4 Å². The molecule has 2 aromatic carbocycles. The summed E-state index contributed by atoms with van der Waals surface area (Å²) in [5, 5.41) is 0. The van der Waals surface area contributed by atoms with Crippen LogP contribution in [0.1, 0.15) is 33.3 Å². The average molecular weight is 317 g/mol. The number of rotatable bonds is 4. The van der Waals surface area contributed by atoms with E-state index in [0.717, 1.165) is 5.56 Å². The molecular formula is C18H23NO2S. The minimum Gasteiger partial charge on any atom is -0.267 e. The molecule has 0 aromatic heterocycles. The molecule has 0 fully saturated rings. The maximum absolute atomic E-state index is 12.9. The second-order valence-corrected chi connectivity index (χ2v) is 8.14. The summed E-state index contributed by atoms with van der Waals surface area (Å²) in [6.45, 7) is 8.57. The second kappa shape index (κ2) is 6.13. The molecule has 0 saturated carbocycles. The smallest absolute Gasteiger partial charge is 0.264 e. The Kier molecular flexibility index (Phi) is 4.61. The van der Waals surface area contributed by atoms with Crippen molar-refractivity contribution in [2.24, 2.45) is 0 Å². The highest BCUT2D eigenvalue weighted by atomic mass is 32.2. The van der Waals surface area contributed by atoms with Gasteiger partial charge >= 0.3 is 0 Å². The normalized spacial score (nSPS) is 12.2. The monoisotopic (exact) mass is 317 g/mol. The summed E-state index contributed by atoms with van der Waals surface area (Å²) in [6.07, 6.45) is 0. The number of hydrogen-bond acceptors (Lipinski definition) is 2. The Morgan fingerprint density at radius 1 is 0.909 bits per heavy atom. The van der Waals surface area contributed by atoms with E-state index in [4.69, 9.17) is 0 Å². The molecule has 3 nitrogen and oxygen atoms in total. The Morgan fingerprint density at radius 3 is 1.91 bits per heavy atom. The van der Waals surface area contributed by atoms with Gasteiger partial charge in [0.2, 0.25) is 0 Å². The van der Waals surface area contributed by atoms with E-state index in [9.17, 15) is 8.42 Å². The van der Waals surface area contributed by atoms with Crippen molar-refractivity contribution in [3.8, 4) is 0 Å². The van der Waals surface area contributed by atoms with Crippen molar-refractivity contribution < 1.29 is 8.42 Å². The largest absolute Gasteiger partial charge is 0.267 e. The lowest BCUT2D eigenvalue weighted by Crippen LogP contribution is -2.30. The second-order valence-electron chi connectivity index (χ2n) is 6.28. The molecule has 0 aliphatic rings. The van der Waals surface area contributed by atoms with Gasteiger partial charge in [0.25, 0.3) is 10.0 Å². The fourth-order valence-corrected chi connectivity index (χ4v) is 3.81. The van der Waals surface area contributed by atoms with Gasteiger partial charge in [0.05, 0.1) is 10.6 Å². The third-order valence-corrected chi connectivity index (χ3v) is 5.56. The van der Waals surface area contributed by atoms with Gasteiger partial charge in [-0.25, -0.2) is 8.42 Å². The Labute approximate surface area is 133 Å². The number of para-hydroxylation sites is 1. The summed E-state index contributed by atoms with van der Waals surface area (Å²) in [7, 11) is -3.53. The van der Waals surface area contributed by atoms with Gasteiger partial charge in [0.15, 0.2) is 0 Å². The molecule has 0 radical (unpaired) electrons. The summed E-state index contributed by atoms with van der Waals surface area (Å²) in [4.78, 5) is 0.325. The van der Waals surface area contributed by atoms with E-state index < -0.39 is 10.0 Å². The molecule has 0 spiro atoms. The van der Waals surface area contributed by atoms with Gasteiger partial charge in [0, 0.05) is 6.54 Å². The molecule has 0 bridgehead atoms. The molecule has 2 aromatic rings. The molecule has 0 N–H and O–H groups in total. The Balaban J connectivity index is 2.41. The first-order valence-electron chi connectivity index (χ1n) is 7.45. The van der Waals surface area contributed by atoms with E-state index in [1.165, 1.54) is 4.31 Å². The van der Waals surface area contributed by atoms with Crippen molar-refractivity contribution in [2.75, 3.05) is 10.8 Å². The predicted octanol–water partition coefficient (Wildman–Crippen LogP) is 4.20. The fourth-order valence-electron chi connectivity index (χ4n) is 2.34. The number of sulfonamides is 1. The Hall–Kier alpha value is -1.81. The molecule has 118 valence electrons. The maximum atomic E-state index is 12.9. The summed E-state index contributed by atoms with van der Waals surface area (Å²) in [5.41, 5.74) is 1.81. The zero-order valence-corrected chi connectivity index (χ0v) is 14.4. The van der Waals surface area contributed by atoms with Crippen LogP contribution in [0.2, 0.25) is 0 Å². The highest BCUT2D eigenvalue weighted by molar-refractivity contribution is 7.92. The van der Waals surface area contributed by atoms with E-state index in [0.29, 0.717) is 17.1 Å². The highest BCUT2D eigenvalue weighted by Crippen LogP contribution is 2.26. The third kappa shape index (κ3) is 3.33. The van der Waals surface area contributed by atoms with Crippen LogP contribution >= 0.6 is 0 Å². The van der Waals surface area contributed by atoms with Gasteiger partial charge in [-0.15, -0.1) is 0 Å². The topological polar surface area (TPSA) is 37.4 Å². The quantitative estimate of drug-likeness (QED) is 0.847. The zero-order valence-electron chi connectivity index (χ0n) is 13.6. The minimum atomic E-state index is -3.53. The average Bonchev–Trinajstić information content (AvgIpc) is 2.48. The van der Waals surface area contributed by atoms with Crippen LogP contribution in [0.25, 0.3) is 0 Å². The van der Waals surface area contributed by atoms with Gasteiger partial charge in [0.1, 0.15) is 0 Å². The standard InChI is InChI=1S/C18H23NO2S/c1-5-19(16-9-7-6-8-10-16)22(20,21)17-13-11-15(12-14-17)18(2,3)4/h6-14H,5H2,1-4H3. The van der Waals surface area contributed by atoms with Crippen LogP contribution in [0.3, 0.4) is 0 Å².